The molecule has 1 aromatic heterocycles. The largest absolute Gasteiger partial charge is 2.00 e. The molecule has 100 valence electrons. The molecule has 0 atom stereocenters. The van der Waals surface area contributed by atoms with Crippen LogP contribution in [0.2, 0.25) is 0 Å². The average Bonchev–Trinajstić information content (AvgIpc) is 2.62. The number of carboxylic acid groups (broad SMARTS) is 2. The number of hydrogen-bond donors (Lipinski definition) is 0. The summed E-state index contributed by atoms with van der Waals surface area (Å²) in [7, 11) is 0. The molecule has 0 N–H and O–H groups in total. The first-order valence-electron chi connectivity index (χ1n) is 4.57. The Labute approximate surface area is 122 Å². The van der Waals surface area contributed by atoms with Crippen molar-refractivity contribution >= 4 is 33.5 Å². The molecule has 2 aromatic rings. The van der Waals surface area contributed by atoms with E-state index in [4.69, 9.17) is 19.8 Å². The van der Waals surface area contributed by atoms with Crippen molar-refractivity contribution in [3.8, 4) is 0 Å². The summed E-state index contributed by atoms with van der Waals surface area (Å²) in [4.78, 5) is 21.9. The summed E-state index contributed by atoms with van der Waals surface area (Å²) in [5.41, 5.74) is 2.97. The number of carboxylic acids is 2. The van der Waals surface area contributed by atoms with Gasteiger partial charge in [0.25, 0.3) is 0 Å². The molecular weight excluding hydrogens is 349 g/mol. The van der Waals surface area contributed by atoms with Gasteiger partial charge in [-0.25, -0.2) is 4.98 Å². The maximum Gasteiger partial charge on any atom is 2.00 e. The number of thiazole rings is 1. The van der Waals surface area contributed by atoms with Crippen molar-refractivity contribution in [2.24, 2.45) is 0 Å². The van der Waals surface area contributed by atoms with Crippen LogP contribution in [0.15, 0.2) is 29.8 Å². The van der Waals surface area contributed by atoms with Crippen LogP contribution in [-0.2, 0) is 30.0 Å². The summed E-state index contributed by atoms with van der Waals surface area (Å²) in [6.07, 6.45) is 0. The Morgan fingerprint density at radius 2 is 1.56 bits per heavy atom. The SMILES string of the molecule is CC(=O)[O-].CC(=O)[O-].[Pd+2].c1ccc2scnc2c1. The van der Waals surface area contributed by atoms with E-state index in [0.29, 0.717) is 0 Å². The molecular formula is C11H11NO4PdS. The van der Waals surface area contributed by atoms with Gasteiger partial charge in [0.1, 0.15) is 0 Å². The zero-order valence-corrected chi connectivity index (χ0v) is 12.1. The Bertz CT molecular complexity index is 436. The van der Waals surface area contributed by atoms with E-state index in [1.165, 1.54) is 4.70 Å². The number of aromatic nitrogens is 1. The normalized spacial score (nSPS) is 7.89. The summed E-state index contributed by atoms with van der Waals surface area (Å²) in [6, 6.07) is 8.13. The standard InChI is InChI=1S/C7H5NS.2C2H4O2.Pd/c1-2-4-7-6(3-1)8-5-9-7;2*1-2(3)4;/h1-5H;2*1H3,(H,3,4);/q;;;+2/p-2. The van der Waals surface area contributed by atoms with Gasteiger partial charge in [0.05, 0.1) is 15.7 Å². The topological polar surface area (TPSA) is 93.1 Å². The van der Waals surface area contributed by atoms with Crippen LogP contribution in [0.5, 0.6) is 0 Å². The van der Waals surface area contributed by atoms with E-state index < -0.39 is 11.9 Å². The number of nitrogens with zero attached hydrogens (tertiary/aromatic N) is 1. The number of fused-ring (bicyclic) bond motifs is 1. The minimum Gasteiger partial charge on any atom is -0.550 e. The summed E-state index contributed by atoms with van der Waals surface area (Å²) in [5, 5.41) is 17.8. The third kappa shape index (κ3) is 11.2. The van der Waals surface area contributed by atoms with E-state index in [-0.39, 0.29) is 20.4 Å². The fraction of sp³-hybridized carbons (Fsp3) is 0.182. The van der Waals surface area contributed by atoms with Gasteiger partial charge in [-0.3, -0.25) is 0 Å². The fourth-order valence-corrected chi connectivity index (χ4v) is 1.48. The Hall–Kier alpha value is -1.29. The van der Waals surface area contributed by atoms with Gasteiger partial charge in [0.15, 0.2) is 0 Å². The summed E-state index contributed by atoms with van der Waals surface area (Å²) >= 11 is 1.68. The molecule has 18 heavy (non-hydrogen) atoms. The molecule has 0 aliphatic rings. The van der Waals surface area contributed by atoms with Gasteiger partial charge in [-0.2, -0.15) is 0 Å². The monoisotopic (exact) mass is 359 g/mol. The molecule has 0 aliphatic carbocycles. The molecule has 1 heterocycles. The van der Waals surface area contributed by atoms with Crippen LogP contribution in [0.1, 0.15) is 13.8 Å². The Kier molecular flexibility index (Phi) is 11.5. The van der Waals surface area contributed by atoms with Crippen molar-refractivity contribution in [1.82, 2.24) is 4.98 Å². The zero-order valence-electron chi connectivity index (χ0n) is 9.69. The molecule has 0 bridgehead atoms. The van der Waals surface area contributed by atoms with Gasteiger partial charge in [-0.15, -0.1) is 11.3 Å². The van der Waals surface area contributed by atoms with E-state index >= 15 is 0 Å². The molecule has 2 rings (SSSR count). The van der Waals surface area contributed by atoms with Gasteiger partial charge in [-0.05, 0) is 26.0 Å². The van der Waals surface area contributed by atoms with Crippen molar-refractivity contribution in [2.75, 3.05) is 0 Å². The van der Waals surface area contributed by atoms with Crippen LogP contribution in [0.25, 0.3) is 10.2 Å². The molecule has 0 spiro atoms. The molecule has 0 saturated carbocycles. The minimum atomic E-state index is -1.08. The van der Waals surface area contributed by atoms with Gasteiger partial charge in [0, 0.05) is 11.9 Å². The summed E-state index contributed by atoms with van der Waals surface area (Å²) in [5.74, 6) is -2.17. The van der Waals surface area contributed by atoms with Crippen molar-refractivity contribution in [3.63, 3.8) is 0 Å². The average molecular weight is 360 g/mol. The molecule has 1 aromatic carbocycles. The molecule has 0 amide bonds. The summed E-state index contributed by atoms with van der Waals surface area (Å²) < 4.78 is 1.26. The van der Waals surface area contributed by atoms with Gasteiger partial charge < -0.3 is 19.8 Å². The van der Waals surface area contributed by atoms with E-state index in [9.17, 15) is 0 Å². The zero-order chi connectivity index (χ0) is 13.3. The van der Waals surface area contributed by atoms with Gasteiger partial charge in [0.2, 0.25) is 0 Å². The Morgan fingerprint density at radius 1 is 1.11 bits per heavy atom. The summed E-state index contributed by atoms with van der Waals surface area (Å²) in [6.45, 7) is 1.94. The Balaban J connectivity index is 0. The Morgan fingerprint density at radius 3 is 2.00 bits per heavy atom. The molecule has 0 aliphatic heterocycles. The first-order valence-corrected chi connectivity index (χ1v) is 5.45. The first kappa shape index (κ1) is 19.1. The maximum absolute atomic E-state index is 8.89. The van der Waals surface area contributed by atoms with Gasteiger partial charge >= 0.3 is 20.4 Å². The van der Waals surface area contributed by atoms with Crippen molar-refractivity contribution in [2.45, 2.75) is 13.8 Å². The van der Waals surface area contributed by atoms with Crippen molar-refractivity contribution < 1.29 is 40.2 Å². The second-order valence-corrected chi connectivity index (χ2v) is 3.69. The van der Waals surface area contributed by atoms with Crippen molar-refractivity contribution in [3.05, 3.63) is 29.8 Å². The molecule has 5 nitrogen and oxygen atoms in total. The van der Waals surface area contributed by atoms with Gasteiger partial charge in [-0.1, -0.05) is 12.1 Å². The predicted molar refractivity (Wildman–Crippen MR) is 61.0 cm³/mol. The van der Waals surface area contributed by atoms with Crippen LogP contribution < -0.4 is 10.2 Å². The number of benzene rings is 1. The van der Waals surface area contributed by atoms with Crippen LogP contribution in [0.4, 0.5) is 0 Å². The maximum atomic E-state index is 8.89. The number of carbonyl (C=O) groups is 2. The van der Waals surface area contributed by atoms with Crippen LogP contribution in [-0.4, -0.2) is 16.9 Å². The van der Waals surface area contributed by atoms with E-state index in [2.05, 4.69) is 11.1 Å². The molecule has 7 heteroatoms. The molecule has 0 unspecified atom stereocenters. The molecule has 0 saturated heterocycles. The fourth-order valence-electron chi connectivity index (χ4n) is 0.803. The first-order chi connectivity index (χ1) is 7.93. The third-order valence-electron chi connectivity index (χ3n) is 1.24. The molecule has 0 fully saturated rings. The predicted octanol–water partition coefficient (Wildman–Crippen LogP) is -0.194. The van der Waals surface area contributed by atoms with E-state index in [1.807, 2.05) is 23.7 Å². The van der Waals surface area contributed by atoms with Crippen molar-refractivity contribution in [1.29, 1.82) is 0 Å². The van der Waals surface area contributed by atoms with Crippen LogP contribution in [0.3, 0.4) is 0 Å². The minimum absolute atomic E-state index is 0. The molecule has 0 radical (unpaired) electrons. The number of carbonyl (C=O) groups excluding carboxylic acids is 2. The number of rotatable bonds is 0. The van der Waals surface area contributed by atoms with E-state index in [0.717, 1.165) is 19.4 Å². The van der Waals surface area contributed by atoms with Crippen LogP contribution >= 0.6 is 11.3 Å². The second-order valence-electron chi connectivity index (χ2n) is 2.80. The number of hydrogen-bond acceptors (Lipinski definition) is 6. The van der Waals surface area contributed by atoms with E-state index in [1.54, 1.807) is 11.3 Å². The number of para-hydroxylation sites is 1. The smallest absolute Gasteiger partial charge is 0.550 e. The second kappa shape index (κ2) is 10.8. The quantitative estimate of drug-likeness (QED) is 0.608. The van der Waals surface area contributed by atoms with Crippen LogP contribution in [0, 0.1) is 0 Å². The number of aliphatic carboxylic acids is 2. The third-order valence-corrected chi connectivity index (χ3v) is 2.05.